The molecule has 5 nitrogen and oxygen atoms in total. The maximum atomic E-state index is 12.0. The van der Waals surface area contributed by atoms with Crippen molar-refractivity contribution in [2.45, 2.75) is 11.9 Å². The van der Waals surface area contributed by atoms with Gasteiger partial charge in [0.15, 0.2) is 5.03 Å². The highest BCUT2D eigenvalue weighted by Crippen LogP contribution is 2.29. The van der Waals surface area contributed by atoms with E-state index in [-0.39, 0.29) is 16.6 Å². The summed E-state index contributed by atoms with van der Waals surface area (Å²) >= 11 is 12.0. The van der Waals surface area contributed by atoms with Crippen molar-refractivity contribution in [1.29, 1.82) is 0 Å². The van der Waals surface area contributed by atoms with Gasteiger partial charge >= 0.3 is 0 Å². The SMILES string of the molecule is CCNS(=O)(=O)c1ccnn1-c1cccc(Cl)c1Cl. The third-order valence-electron chi connectivity index (χ3n) is 2.38. The second-order valence-corrected chi connectivity index (χ2v) is 6.15. The van der Waals surface area contributed by atoms with Crippen LogP contribution in [0.15, 0.2) is 35.5 Å². The third kappa shape index (κ3) is 2.76. The zero-order valence-corrected chi connectivity index (χ0v) is 12.3. The Labute approximate surface area is 121 Å². The first-order valence-corrected chi connectivity index (χ1v) is 7.69. The zero-order valence-electron chi connectivity index (χ0n) is 9.97. The van der Waals surface area contributed by atoms with Crippen molar-refractivity contribution < 1.29 is 8.42 Å². The van der Waals surface area contributed by atoms with Gasteiger partial charge in [0.1, 0.15) is 0 Å². The summed E-state index contributed by atoms with van der Waals surface area (Å²) < 4.78 is 27.7. The summed E-state index contributed by atoms with van der Waals surface area (Å²) in [5, 5.41) is 4.59. The van der Waals surface area contributed by atoms with Gasteiger partial charge in [-0.2, -0.15) is 5.10 Å². The Morgan fingerprint density at radius 3 is 2.74 bits per heavy atom. The molecule has 2 aromatic rings. The lowest BCUT2D eigenvalue weighted by molar-refractivity contribution is 0.573. The summed E-state index contributed by atoms with van der Waals surface area (Å²) in [6, 6.07) is 6.34. The quantitative estimate of drug-likeness (QED) is 0.941. The molecule has 0 aliphatic heterocycles. The number of nitrogens with one attached hydrogen (secondary N) is 1. The molecule has 1 N–H and O–H groups in total. The Morgan fingerprint density at radius 2 is 2.05 bits per heavy atom. The van der Waals surface area contributed by atoms with Crippen LogP contribution >= 0.6 is 23.2 Å². The molecule has 0 bridgehead atoms. The minimum Gasteiger partial charge on any atom is -0.219 e. The molecule has 8 heteroatoms. The van der Waals surface area contributed by atoms with Gasteiger partial charge in [0.05, 0.1) is 21.9 Å². The van der Waals surface area contributed by atoms with Crippen LogP contribution in [-0.2, 0) is 10.0 Å². The summed E-state index contributed by atoms with van der Waals surface area (Å²) in [6.45, 7) is 1.99. The highest BCUT2D eigenvalue weighted by molar-refractivity contribution is 7.89. The zero-order chi connectivity index (χ0) is 14.0. The van der Waals surface area contributed by atoms with Crippen molar-refractivity contribution in [2.75, 3.05) is 6.54 Å². The van der Waals surface area contributed by atoms with Gasteiger partial charge in [-0.25, -0.2) is 17.8 Å². The van der Waals surface area contributed by atoms with E-state index in [1.54, 1.807) is 25.1 Å². The van der Waals surface area contributed by atoms with Crippen LogP contribution in [0.4, 0.5) is 0 Å². The predicted octanol–water partition coefficient (Wildman–Crippen LogP) is 2.48. The van der Waals surface area contributed by atoms with Crippen molar-refractivity contribution in [3.05, 3.63) is 40.5 Å². The molecule has 0 aliphatic carbocycles. The largest absolute Gasteiger partial charge is 0.258 e. The third-order valence-corrected chi connectivity index (χ3v) is 4.71. The molecule has 0 amide bonds. The molecule has 0 atom stereocenters. The van der Waals surface area contributed by atoms with Crippen molar-refractivity contribution in [2.24, 2.45) is 0 Å². The fraction of sp³-hybridized carbons (Fsp3) is 0.182. The van der Waals surface area contributed by atoms with Gasteiger partial charge in [-0.15, -0.1) is 0 Å². The molecule has 1 heterocycles. The predicted molar refractivity (Wildman–Crippen MR) is 74.4 cm³/mol. The Morgan fingerprint density at radius 1 is 1.32 bits per heavy atom. The van der Waals surface area contributed by atoms with Crippen LogP contribution in [0.3, 0.4) is 0 Å². The molecule has 0 radical (unpaired) electrons. The first-order chi connectivity index (χ1) is 8.97. The van der Waals surface area contributed by atoms with Crippen LogP contribution in [0, 0.1) is 0 Å². The van der Waals surface area contributed by atoms with Crippen molar-refractivity contribution in [1.82, 2.24) is 14.5 Å². The number of aromatic nitrogens is 2. The minimum atomic E-state index is -3.63. The number of hydrogen-bond donors (Lipinski definition) is 1. The summed E-state index contributed by atoms with van der Waals surface area (Å²) in [5.41, 5.74) is 0.413. The molecule has 0 spiro atoms. The Bertz CT molecular complexity index is 698. The Balaban J connectivity index is 2.60. The lowest BCUT2D eigenvalue weighted by Crippen LogP contribution is -2.25. The number of sulfonamides is 1. The number of halogens is 2. The first-order valence-electron chi connectivity index (χ1n) is 5.45. The van der Waals surface area contributed by atoms with E-state index in [1.807, 2.05) is 0 Å². The standard InChI is InChI=1S/C11H11Cl2N3O2S/c1-2-15-19(17,18)10-6-7-14-16(10)9-5-3-4-8(12)11(9)13/h3-7,15H,2H2,1H3. The van der Waals surface area contributed by atoms with Gasteiger partial charge in [-0.05, 0) is 18.2 Å². The minimum absolute atomic E-state index is 0.0125. The lowest BCUT2D eigenvalue weighted by Gasteiger charge is -2.10. The van der Waals surface area contributed by atoms with Crippen molar-refractivity contribution in [3.8, 4) is 5.69 Å². The topological polar surface area (TPSA) is 64.0 Å². The van der Waals surface area contributed by atoms with E-state index >= 15 is 0 Å². The summed E-state index contributed by atoms with van der Waals surface area (Å²) in [5.74, 6) is 0. The summed E-state index contributed by atoms with van der Waals surface area (Å²) in [6.07, 6.45) is 1.39. The highest BCUT2D eigenvalue weighted by atomic mass is 35.5. The Hall–Kier alpha value is -1.08. The van der Waals surface area contributed by atoms with Crippen LogP contribution in [-0.4, -0.2) is 24.7 Å². The monoisotopic (exact) mass is 319 g/mol. The summed E-state index contributed by atoms with van der Waals surface area (Å²) in [7, 11) is -3.63. The van der Waals surface area contributed by atoms with Crippen LogP contribution in [0.25, 0.3) is 5.69 Å². The van der Waals surface area contributed by atoms with Gasteiger partial charge < -0.3 is 0 Å². The number of rotatable bonds is 4. The van der Waals surface area contributed by atoms with Crippen molar-refractivity contribution >= 4 is 33.2 Å². The molecular weight excluding hydrogens is 309 g/mol. The molecule has 1 aromatic heterocycles. The van der Waals surface area contributed by atoms with Crippen LogP contribution < -0.4 is 4.72 Å². The highest BCUT2D eigenvalue weighted by Gasteiger charge is 2.20. The van der Waals surface area contributed by atoms with E-state index in [4.69, 9.17) is 23.2 Å². The molecule has 0 aliphatic rings. The number of hydrogen-bond acceptors (Lipinski definition) is 3. The van der Waals surface area contributed by atoms with Gasteiger partial charge in [0.2, 0.25) is 0 Å². The molecule has 0 unspecified atom stereocenters. The normalized spacial score (nSPS) is 11.7. The van der Waals surface area contributed by atoms with E-state index in [2.05, 4.69) is 9.82 Å². The first kappa shape index (κ1) is 14.3. The van der Waals surface area contributed by atoms with Gasteiger partial charge in [-0.3, -0.25) is 0 Å². The summed E-state index contributed by atoms with van der Waals surface area (Å²) in [4.78, 5) is 0. The average molecular weight is 320 g/mol. The molecule has 0 saturated carbocycles. The molecule has 19 heavy (non-hydrogen) atoms. The van der Waals surface area contributed by atoms with E-state index in [0.717, 1.165) is 0 Å². The fourth-order valence-corrected chi connectivity index (χ4v) is 3.11. The molecular formula is C11H11Cl2N3O2S. The number of benzene rings is 1. The van der Waals surface area contributed by atoms with Gasteiger partial charge in [-0.1, -0.05) is 36.2 Å². The molecule has 0 saturated heterocycles. The van der Waals surface area contributed by atoms with Gasteiger partial charge in [0.25, 0.3) is 10.0 Å². The van der Waals surface area contributed by atoms with E-state index in [1.165, 1.54) is 16.9 Å². The van der Waals surface area contributed by atoms with E-state index in [9.17, 15) is 8.42 Å². The molecule has 1 aromatic carbocycles. The van der Waals surface area contributed by atoms with E-state index in [0.29, 0.717) is 10.7 Å². The van der Waals surface area contributed by atoms with Gasteiger partial charge in [0, 0.05) is 6.54 Å². The van der Waals surface area contributed by atoms with Crippen LogP contribution in [0.1, 0.15) is 6.92 Å². The maximum absolute atomic E-state index is 12.0. The van der Waals surface area contributed by atoms with Crippen LogP contribution in [0.5, 0.6) is 0 Å². The molecule has 102 valence electrons. The molecule has 0 fully saturated rings. The second-order valence-electron chi connectivity index (χ2n) is 3.66. The smallest absolute Gasteiger partial charge is 0.219 e. The maximum Gasteiger partial charge on any atom is 0.258 e. The molecule has 2 rings (SSSR count). The Kier molecular flexibility index (Phi) is 4.15. The number of nitrogens with zero attached hydrogens (tertiary/aromatic N) is 2. The lowest BCUT2D eigenvalue weighted by atomic mass is 10.3. The second kappa shape index (κ2) is 5.50. The fourth-order valence-electron chi connectivity index (χ4n) is 1.60. The van der Waals surface area contributed by atoms with Crippen molar-refractivity contribution in [3.63, 3.8) is 0 Å². The average Bonchev–Trinajstić information content (AvgIpc) is 2.82. The van der Waals surface area contributed by atoms with Crippen LogP contribution in [0.2, 0.25) is 10.0 Å². The van der Waals surface area contributed by atoms with E-state index < -0.39 is 10.0 Å².